The molecule has 8 nitrogen and oxygen atoms in total. The second-order valence-corrected chi connectivity index (χ2v) is 7.63. The molecule has 4 rings (SSSR count). The average Bonchev–Trinajstić information content (AvgIpc) is 3.23. The number of aromatic nitrogens is 8. The molecule has 0 amide bonds. The minimum absolute atomic E-state index is 0.352. The first-order chi connectivity index (χ1) is 11.5. The summed E-state index contributed by atoms with van der Waals surface area (Å²) in [5, 5.41) is 22.9. The van der Waals surface area contributed by atoms with E-state index in [-0.39, 0.29) is 0 Å². The third-order valence-corrected chi connectivity index (χ3v) is 5.29. The molecule has 4 aromatic heterocycles. The van der Waals surface area contributed by atoms with Gasteiger partial charge in [-0.15, -0.1) is 10.2 Å². The molecule has 0 unspecified atom stereocenters. The van der Waals surface area contributed by atoms with Crippen LogP contribution >= 0.6 is 27.3 Å². The molecule has 124 valence electrons. The Morgan fingerprint density at radius 1 is 1.12 bits per heavy atom. The van der Waals surface area contributed by atoms with Crippen molar-refractivity contribution < 1.29 is 0 Å². The molecule has 0 bridgehead atoms. The Kier molecular flexibility index (Phi) is 3.53. The number of hydrogen-bond donors (Lipinski definition) is 0. The number of rotatable bonds is 3. The van der Waals surface area contributed by atoms with Gasteiger partial charge in [-0.05, 0) is 27.9 Å². The number of aryl methyl sites for hydroxylation is 2. The van der Waals surface area contributed by atoms with Crippen LogP contribution in [0.15, 0.2) is 16.7 Å². The molecule has 0 aliphatic carbocycles. The molecule has 0 aromatic carbocycles. The van der Waals surface area contributed by atoms with Crippen molar-refractivity contribution in [3.05, 3.63) is 22.4 Å². The van der Waals surface area contributed by atoms with Crippen LogP contribution in [0.25, 0.3) is 27.2 Å². The first-order valence-corrected chi connectivity index (χ1v) is 9.01. The molecule has 0 radical (unpaired) electrons. The molecule has 0 atom stereocenters. The van der Waals surface area contributed by atoms with Gasteiger partial charge in [0.05, 0.1) is 16.4 Å². The fourth-order valence-corrected chi connectivity index (χ4v) is 4.10. The molecule has 0 fully saturated rings. The van der Waals surface area contributed by atoms with Gasteiger partial charge in [0.1, 0.15) is 11.4 Å². The third-order valence-electron chi connectivity index (χ3n) is 3.81. The topological polar surface area (TPSA) is 78.7 Å². The minimum atomic E-state index is 0.352. The SMILES string of the molecule is CC(C)c1cc(-c2nnc3sc(-c4c(Br)cnn4C)nn23)n(C)n1. The molecule has 4 heterocycles. The fourth-order valence-electron chi connectivity index (χ4n) is 2.50. The molecular weight excluding hydrogens is 392 g/mol. The molecule has 24 heavy (non-hydrogen) atoms. The zero-order valence-electron chi connectivity index (χ0n) is 13.6. The van der Waals surface area contributed by atoms with Gasteiger partial charge in [0.2, 0.25) is 10.8 Å². The van der Waals surface area contributed by atoms with Crippen molar-refractivity contribution in [3.8, 4) is 22.2 Å². The van der Waals surface area contributed by atoms with E-state index in [1.165, 1.54) is 11.3 Å². The lowest BCUT2D eigenvalue weighted by molar-refractivity contribution is 0.713. The fraction of sp³-hybridized carbons (Fsp3) is 0.357. The summed E-state index contributed by atoms with van der Waals surface area (Å²) in [5.41, 5.74) is 2.84. The van der Waals surface area contributed by atoms with Gasteiger partial charge in [-0.1, -0.05) is 25.2 Å². The lowest BCUT2D eigenvalue weighted by Gasteiger charge is -1.98. The van der Waals surface area contributed by atoms with E-state index in [0.29, 0.717) is 11.7 Å². The summed E-state index contributed by atoms with van der Waals surface area (Å²) in [5.74, 6) is 1.04. The highest BCUT2D eigenvalue weighted by Gasteiger charge is 2.21. The van der Waals surface area contributed by atoms with Gasteiger partial charge in [-0.25, -0.2) is 0 Å². The Balaban J connectivity index is 1.87. The molecule has 10 heteroatoms. The van der Waals surface area contributed by atoms with Crippen molar-refractivity contribution in [3.63, 3.8) is 0 Å². The molecule has 0 saturated heterocycles. The monoisotopic (exact) mass is 406 g/mol. The Bertz CT molecular complexity index is 1020. The van der Waals surface area contributed by atoms with Crippen LogP contribution < -0.4 is 0 Å². The quantitative estimate of drug-likeness (QED) is 0.522. The van der Waals surface area contributed by atoms with E-state index < -0.39 is 0 Å². The highest BCUT2D eigenvalue weighted by Crippen LogP contribution is 2.32. The lowest BCUT2D eigenvalue weighted by Crippen LogP contribution is -1.99. The summed E-state index contributed by atoms with van der Waals surface area (Å²) in [6.07, 6.45) is 1.76. The van der Waals surface area contributed by atoms with Crippen LogP contribution in [0.3, 0.4) is 0 Å². The number of nitrogens with zero attached hydrogens (tertiary/aromatic N) is 8. The van der Waals surface area contributed by atoms with E-state index in [2.05, 4.69) is 55.3 Å². The second-order valence-electron chi connectivity index (χ2n) is 5.82. The molecule has 0 aliphatic heterocycles. The van der Waals surface area contributed by atoms with Gasteiger partial charge in [0, 0.05) is 14.1 Å². The predicted molar refractivity (Wildman–Crippen MR) is 94.9 cm³/mol. The van der Waals surface area contributed by atoms with Gasteiger partial charge >= 0.3 is 0 Å². The minimum Gasteiger partial charge on any atom is -0.264 e. The summed E-state index contributed by atoms with van der Waals surface area (Å²) >= 11 is 4.99. The van der Waals surface area contributed by atoms with E-state index in [1.807, 2.05) is 24.8 Å². The van der Waals surface area contributed by atoms with Crippen LogP contribution in [0, 0.1) is 0 Å². The highest BCUT2D eigenvalue weighted by atomic mass is 79.9. The van der Waals surface area contributed by atoms with Crippen molar-refractivity contribution in [2.45, 2.75) is 19.8 Å². The van der Waals surface area contributed by atoms with Crippen LogP contribution in [-0.2, 0) is 14.1 Å². The van der Waals surface area contributed by atoms with E-state index in [1.54, 1.807) is 15.4 Å². The Labute approximate surface area is 150 Å². The van der Waals surface area contributed by atoms with Crippen LogP contribution in [0.5, 0.6) is 0 Å². The van der Waals surface area contributed by atoms with Gasteiger partial charge in [0.15, 0.2) is 5.01 Å². The van der Waals surface area contributed by atoms with Gasteiger partial charge in [-0.2, -0.15) is 19.8 Å². The molecule has 0 spiro atoms. The van der Waals surface area contributed by atoms with E-state index in [0.717, 1.165) is 31.5 Å². The summed E-state index contributed by atoms with van der Waals surface area (Å²) in [7, 11) is 3.80. The molecule has 0 saturated carbocycles. The largest absolute Gasteiger partial charge is 0.264 e. The zero-order valence-corrected chi connectivity index (χ0v) is 16.0. The molecular formula is C14H15BrN8S. The van der Waals surface area contributed by atoms with Crippen molar-refractivity contribution in [1.82, 2.24) is 39.4 Å². The number of fused-ring (bicyclic) bond motifs is 1. The molecule has 0 N–H and O–H groups in total. The van der Waals surface area contributed by atoms with Gasteiger partial charge < -0.3 is 0 Å². The smallest absolute Gasteiger partial charge is 0.235 e. The highest BCUT2D eigenvalue weighted by molar-refractivity contribution is 9.10. The average molecular weight is 407 g/mol. The van der Waals surface area contributed by atoms with E-state index in [4.69, 9.17) is 0 Å². The molecule has 0 aliphatic rings. The second kappa shape index (κ2) is 5.49. The first kappa shape index (κ1) is 15.5. The Hall–Kier alpha value is -2.07. The van der Waals surface area contributed by atoms with E-state index >= 15 is 0 Å². The lowest BCUT2D eigenvalue weighted by atomic mass is 10.1. The first-order valence-electron chi connectivity index (χ1n) is 7.40. The van der Waals surface area contributed by atoms with Crippen LogP contribution in [0.4, 0.5) is 0 Å². The summed E-state index contributed by atoms with van der Waals surface area (Å²) in [6.45, 7) is 4.23. The summed E-state index contributed by atoms with van der Waals surface area (Å²) in [6, 6.07) is 2.04. The predicted octanol–water partition coefficient (Wildman–Crippen LogP) is 2.87. The maximum Gasteiger partial charge on any atom is 0.235 e. The normalized spacial score (nSPS) is 11.9. The molecule has 4 aromatic rings. The van der Waals surface area contributed by atoms with Crippen molar-refractivity contribution in [1.29, 1.82) is 0 Å². The van der Waals surface area contributed by atoms with Crippen molar-refractivity contribution >= 4 is 32.2 Å². The standard InChI is InChI=1S/C14H15BrN8S/c1-7(2)9-5-10(21(3)19-9)12-17-18-14-23(12)20-13(24-14)11-8(15)6-16-22(11)4/h5-7H,1-4H3. The van der Waals surface area contributed by atoms with Crippen LogP contribution in [0.2, 0.25) is 0 Å². The number of halogens is 1. The van der Waals surface area contributed by atoms with Crippen molar-refractivity contribution in [2.75, 3.05) is 0 Å². The van der Waals surface area contributed by atoms with Crippen LogP contribution in [0.1, 0.15) is 25.5 Å². The third kappa shape index (κ3) is 2.28. The van der Waals surface area contributed by atoms with E-state index in [9.17, 15) is 0 Å². The summed E-state index contributed by atoms with van der Waals surface area (Å²) < 4.78 is 6.28. The Morgan fingerprint density at radius 3 is 2.54 bits per heavy atom. The maximum atomic E-state index is 4.69. The number of hydrogen-bond acceptors (Lipinski definition) is 6. The summed E-state index contributed by atoms with van der Waals surface area (Å²) in [4.78, 5) is 0.736. The van der Waals surface area contributed by atoms with Gasteiger partial charge in [0.25, 0.3) is 0 Å². The van der Waals surface area contributed by atoms with Crippen molar-refractivity contribution in [2.24, 2.45) is 14.1 Å². The van der Waals surface area contributed by atoms with Crippen LogP contribution in [-0.4, -0.2) is 39.4 Å². The zero-order chi connectivity index (χ0) is 17.0. The maximum absolute atomic E-state index is 4.69. The van der Waals surface area contributed by atoms with Gasteiger partial charge in [-0.3, -0.25) is 9.36 Å². The Morgan fingerprint density at radius 2 is 1.92 bits per heavy atom.